The van der Waals surface area contributed by atoms with Crippen LogP contribution in [0.3, 0.4) is 0 Å². The molecule has 0 spiro atoms. The molecular formula is C17H20N2O4. The maximum atomic E-state index is 12.2. The van der Waals surface area contributed by atoms with E-state index in [1.165, 1.54) is 7.11 Å². The number of carbonyl (C=O) groups excluding carboxylic acids is 1. The molecular weight excluding hydrogens is 296 g/mol. The monoisotopic (exact) mass is 316 g/mol. The Morgan fingerprint density at radius 3 is 2.61 bits per heavy atom. The number of benzene rings is 1. The SMILES string of the molecule is COC(=O)c1c[n+]([O-])c(CC(C)C)c(OCc2ccccc2)n1. The summed E-state index contributed by atoms with van der Waals surface area (Å²) < 4.78 is 11.0. The smallest absolute Gasteiger partial charge is 0.363 e. The van der Waals surface area contributed by atoms with E-state index in [9.17, 15) is 10.0 Å². The van der Waals surface area contributed by atoms with Crippen LogP contribution in [0.4, 0.5) is 0 Å². The quantitative estimate of drug-likeness (QED) is 0.464. The maximum Gasteiger partial charge on any atom is 0.363 e. The van der Waals surface area contributed by atoms with Gasteiger partial charge in [-0.25, -0.2) is 4.79 Å². The third-order valence-corrected chi connectivity index (χ3v) is 3.19. The summed E-state index contributed by atoms with van der Waals surface area (Å²) in [6.07, 6.45) is 1.63. The standard InChI is InChI=1S/C17H20N2O4/c1-12(2)9-15-16(23-11-13-7-5-4-6-8-13)18-14(10-19(15)21)17(20)22-3/h4-8,10,12H,9,11H2,1-3H3. The van der Waals surface area contributed by atoms with Crippen LogP contribution in [0.25, 0.3) is 0 Å². The van der Waals surface area contributed by atoms with Gasteiger partial charge in [-0.3, -0.25) is 0 Å². The highest BCUT2D eigenvalue weighted by Gasteiger charge is 2.23. The fraction of sp³-hybridized carbons (Fsp3) is 0.353. The molecule has 122 valence electrons. The molecule has 2 rings (SSSR count). The van der Waals surface area contributed by atoms with Crippen molar-refractivity contribution >= 4 is 5.97 Å². The minimum Gasteiger partial charge on any atom is -0.618 e. The molecule has 1 aromatic carbocycles. The van der Waals surface area contributed by atoms with Crippen molar-refractivity contribution in [3.8, 4) is 5.88 Å². The van der Waals surface area contributed by atoms with Gasteiger partial charge in [0.15, 0.2) is 0 Å². The average molecular weight is 316 g/mol. The zero-order chi connectivity index (χ0) is 16.8. The van der Waals surface area contributed by atoms with Gasteiger partial charge in [-0.15, -0.1) is 0 Å². The van der Waals surface area contributed by atoms with E-state index in [2.05, 4.69) is 9.72 Å². The van der Waals surface area contributed by atoms with Crippen LogP contribution < -0.4 is 9.47 Å². The van der Waals surface area contributed by atoms with E-state index in [1.54, 1.807) is 0 Å². The molecule has 6 heteroatoms. The number of ether oxygens (including phenoxy) is 2. The Kier molecular flexibility index (Phi) is 5.51. The fourth-order valence-corrected chi connectivity index (χ4v) is 2.09. The van der Waals surface area contributed by atoms with Crippen molar-refractivity contribution in [3.63, 3.8) is 0 Å². The lowest BCUT2D eigenvalue weighted by Gasteiger charge is -2.13. The Morgan fingerprint density at radius 2 is 2.00 bits per heavy atom. The molecule has 0 N–H and O–H groups in total. The highest BCUT2D eigenvalue weighted by molar-refractivity contribution is 5.86. The van der Waals surface area contributed by atoms with Gasteiger partial charge in [0.1, 0.15) is 6.61 Å². The molecule has 0 bridgehead atoms. The molecule has 0 unspecified atom stereocenters. The van der Waals surface area contributed by atoms with E-state index in [1.807, 2.05) is 44.2 Å². The van der Waals surface area contributed by atoms with Gasteiger partial charge in [0.25, 0.3) is 11.6 Å². The first kappa shape index (κ1) is 16.7. The minimum absolute atomic E-state index is 0.0712. The third kappa shape index (κ3) is 4.42. The Bertz CT molecular complexity index is 672. The zero-order valence-electron chi connectivity index (χ0n) is 13.5. The molecule has 0 fully saturated rings. The van der Waals surface area contributed by atoms with Crippen LogP contribution in [0.15, 0.2) is 36.5 Å². The van der Waals surface area contributed by atoms with Crippen molar-refractivity contribution in [2.75, 3.05) is 7.11 Å². The predicted molar refractivity (Wildman–Crippen MR) is 83.9 cm³/mol. The molecule has 0 saturated carbocycles. The minimum atomic E-state index is -0.671. The number of rotatable bonds is 6. The molecule has 6 nitrogen and oxygen atoms in total. The van der Waals surface area contributed by atoms with Gasteiger partial charge in [-0.1, -0.05) is 44.2 Å². The summed E-state index contributed by atoms with van der Waals surface area (Å²) in [7, 11) is 1.24. The maximum absolute atomic E-state index is 12.2. The van der Waals surface area contributed by atoms with Crippen molar-refractivity contribution in [1.29, 1.82) is 0 Å². The van der Waals surface area contributed by atoms with Gasteiger partial charge in [-0.2, -0.15) is 9.71 Å². The van der Waals surface area contributed by atoms with Gasteiger partial charge in [-0.05, 0) is 11.5 Å². The largest absolute Gasteiger partial charge is 0.618 e. The van der Waals surface area contributed by atoms with Crippen LogP contribution in [-0.4, -0.2) is 18.1 Å². The fourth-order valence-electron chi connectivity index (χ4n) is 2.09. The normalized spacial score (nSPS) is 10.6. The lowest BCUT2D eigenvalue weighted by atomic mass is 10.1. The van der Waals surface area contributed by atoms with Crippen molar-refractivity contribution in [1.82, 2.24) is 4.98 Å². The van der Waals surface area contributed by atoms with Crippen LogP contribution in [-0.2, 0) is 17.8 Å². The molecule has 2 aromatic rings. The molecule has 1 aromatic heterocycles. The van der Waals surface area contributed by atoms with Crippen LogP contribution in [0.2, 0.25) is 0 Å². The second kappa shape index (κ2) is 7.58. The molecule has 0 aliphatic carbocycles. The first-order chi connectivity index (χ1) is 11.0. The molecule has 0 aliphatic rings. The molecule has 0 atom stereocenters. The molecule has 1 heterocycles. The summed E-state index contributed by atoms with van der Waals surface area (Å²) in [6.45, 7) is 4.26. The summed E-state index contributed by atoms with van der Waals surface area (Å²) in [6, 6.07) is 9.55. The number of nitrogens with zero attached hydrogens (tertiary/aromatic N) is 2. The van der Waals surface area contributed by atoms with Crippen LogP contribution in [0.1, 0.15) is 35.6 Å². The van der Waals surface area contributed by atoms with Crippen molar-refractivity contribution in [3.05, 3.63) is 58.7 Å². The topological polar surface area (TPSA) is 75.4 Å². The Labute approximate surface area is 135 Å². The summed E-state index contributed by atoms with van der Waals surface area (Å²) in [4.78, 5) is 15.8. The van der Waals surface area contributed by atoms with Crippen LogP contribution >= 0.6 is 0 Å². The molecule has 0 radical (unpaired) electrons. The Balaban J connectivity index is 2.32. The Morgan fingerprint density at radius 1 is 1.30 bits per heavy atom. The lowest BCUT2D eigenvalue weighted by molar-refractivity contribution is -0.615. The van der Waals surface area contributed by atoms with Gasteiger partial charge in [0.05, 0.1) is 7.11 Å². The predicted octanol–water partition coefficient (Wildman–Crippen LogP) is 2.28. The van der Waals surface area contributed by atoms with E-state index in [4.69, 9.17) is 4.74 Å². The highest BCUT2D eigenvalue weighted by Crippen LogP contribution is 2.18. The summed E-state index contributed by atoms with van der Waals surface area (Å²) >= 11 is 0. The van der Waals surface area contributed by atoms with Gasteiger partial charge in [0.2, 0.25) is 11.9 Å². The van der Waals surface area contributed by atoms with E-state index in [-0.39, 0.29) is 24.1 Å². The first-order valence-electron chi connectivity index (χ1n) is 7.39. The highest BCUT2D eigenvalue weighted by atomic mass is 16.5. The number of hydrogen-bond donors (Lipinski definition) is 0. The molecule has 0 amide bonds. The van der Waals surface area contributed by atoms with Gasteiger partial charge in [0, 0.05) is 6.42 Å². The van der Waals surface area contributed by atoms with Crippen LogP contribution in [0.5, 0.6) is 5.88 Å². The second-order valence-corrected chi connectivity index (χ2v) is 5.57. The number of esters is 1. The molecule has 0 saturated heterocycles. The van der Waals surface area contributed by atoms with E-state index in [0.717, 1.165) is 11.8 Å². The number of aromatic nitrogens is 2. The van der Waals surface area contributed by atoms with Crippen molar-refractivity contribution in [2.24, 2.45) is 5.92 Å². The summed E-state index contributed by atoms with van der Waals surface area (Å²) in [5.74, 6) is -0.254. The van der Waals surface area contributed by atoms with Crippen LogP contribution in [0, 0.1) is 11.1 Å². The van der Waals surface area contributed by atoms with Crippen molar-refractivity contribution in [2.45, 2.75) is 26.9 Å². The number of methoxy groups -OCH3 is 1. The Hall–Kier alpha value is -2.63. The average Bonchev–Trinajstić information content (AvgIpc) is 2.55. The number of hydrogen-bond acceptors (Lipinski definition) is 5. The van der Waals surface area contributed by atoms with E-state index < -0.39 is 5.97 Å². The van der Waals surface area contributed by atoms with Crippen molar-refractivity contribution < 1.29 is 19.0 Å². The zero-order valence-corrected chi connectivity index (χ0v) is 13.5. The summed E-state index contributed by atoms with van der Waals surface area (Å²) in [5.41, 5.74) is 1.28. The molecule has 23 heavy (non-hydrogen) atoms. The second-order valence-electron chi connectivity index (χ2n) is 5.57. The summed E-state index contributed by atoms with van der Waals surface area (Å²) in [5, 5.41) is 12.2. The van der Waals surface area contributed by atoms with E-state index in [0.29, 0.717) is 16.8 Å². The lowest BCUT2D eigenvalue weighted by Crippen LogP contribution is -2.35. The number of carbonyl (C=O) groups is 1. The van der Waals surface area contributed by atoms with Gasteiger partial charge < -0.3 is 14.7 Å². The van der Waals surface area contributed by atoms with Gasteiger partial charge >= 0.3 is 5.97 Å². The van der Waals surface area contributed by atoms with E-state index >= 15 is 0 Å². The first-order valence-corrected chi connectivity index (χ1v) is 7.39. The molecule has 0 aliphatic heterocycles. The third-order valence-electron chi connectivity index (χ3n) is 3.19.